The number of carboxylic acid groups (broad SMARTS) is 1. The monoisotopic (exact) mass is 391 g/mol. The van der Waals surface area contributed by atoms with Crippen LogP contribution in [0.5, 0.6) is 5.75 Å². The Morgan fingerprint density at radius 3 is 2.32 bits per heavy atom. The number of benzene rings is 2. The standard InChI is InChI=1S/C20H19F2NO5/c1-28-18-8-4-13(10-16(18)22)17(24)7-9-19(25)23-11-15(20(26)27)12-2-5-14(21)6-3-12/h2-6,8,10,15H,7,9,11H2,1H3,(H,23,25)(H,26,27). The average Bonchev–Trinajstić information content (AvgIpc) is 2.67. The van der Waals surface area contributed by atoms with Crippen LogP contribution in [0.1, 0.15) is 34.7 Å². The van der Waals surface area contributed by atoms with Crippen molar-refractivity contribution in [2.45, 2.75) is 18.8 Å². The second-order valence-electron chi connectivity index (χ2n) is 6.02. The van der Waals surface area contributed by atoms with Crippen LogP contribution in [0.4, 0.5) is 8.78 Å². The first-order chi connectivity index (χ1) is 13.3. The lowest BCUT2D eigenvalue weighted by Crippen LogP contribution is -2.31. The number of carbonyl (C=O) groups is 3. The van der Waals surface area contributed by atoms with Gasteiger partial charge in [-0.15, -0.1) is 0 Å². The highest BCUT2D eigenvalue weighted by Crippen LogP contribution is 2.19. The Hall–Kier alpha value is -3.29. The van der Waals surface area contributed by atoms with E-state index in [0.717, 1.165) is 18.2 Å². The smallest absolute Gasteiger partial charge is 0.312 e. The third-order valence-electron chi connectivity index (χ3n) is 4.13. The molecule has 0 aliphatic rings. The van der Waals surface area contributed by atoms with E-state index in [4.69, 9.17) is 4.74 Å². The minimum atomic E-state index is -1.17. The van der Waals surface area contributed by atoms with E-state index in [-0.39, 0.29) is 30.7 Å². The molecule has 0 fully saturated rings. The Morgan fingerprint density at radius 1 is 1.07 bits per heavy atom. The van der Waals surface area contributed by atoms with Crippen molar-refractivity contribution < 1.29 is 33.0 Å². The van der Waals surface area contributed by atoms with E-state index >= 15 is 0 Å². The van der Waals surface area contributed by atoms with E-state index in [9.17, 15) is 28.3 Å². The van der Waals surface area contributed by atoms with Crippen molar-refractivity contribution in [1.82, 2.24) is 5.32 Å². The summed E-state index contributed by atoms with van der Waals surface area (Å²) in [5.41, 5.74) is 0.458. The van der Waals surface area contributed by atoms with E-state index in [1.54, 1.807) is 0 Å². The number of amides is 1. The van der Waals surface area contributed by atoms with Gasteiger partial charge in [-0.2, -0.15) is 0 Å². The van der Waals surface area contributed by atoms with Gasteiger partial charge in [-0.1, -0.05) is 12.1 Å². The number of carbonyl (C=O) groups excluding carboxylic acids is 2. The van der Waals surface area contributed by atoms with Crippen molar-refractivity contribution in [2.24, 2.45) is 0 Å². The van der Waals surface area contributed by atoms with Crippen LogP contribution in [0.25, 0.3) is 0 Å². The average molecular weight is 391 g/mol. The van der Waals surface area contributed by atoms with Gasteiger partial charge < -0.3 is 15.2 Å². The molecule has 0 radical (unpaired) electrons. The molecule has 2 N–H and O–H groups in total. The fraction of sp³-hybridized carbons (Fsp3) is 0.250. The van der Waals surface area contributed by atoms with E-state index in [1.807, 2.05) is 0 Å². The van der Waals surface area contributed by atoms with Crippen molar-refractivity contribution in [1.29, 1.82) is 0 Å². The number of hydrogen-bond acceptors (Lipinski definition) is 4. The highest BCUT2D eigenvalue weighted by Gasteiger charge is 2.21. The Morgan fingerprint density at radius 2 is 1.75 bits per heavy atom. The van der Waals surface area contributed by atoms with Crippen molar-refractivity contribution in [2.75, 3.05) is 13.7 Å². The fourth-order valence-corrected chi connectivity index (χ4v) is 2.56. The number of Topliss-reactive ketones (excluding diaryl/α,β-unsaturated/α-hetero) is 1. The molecule has 0 heterocycles. The molecule has 2 rings (SSSR count). The molecule has 0 aliphatic heterocycles. The quantitative estimate of drug-likeness (QED) is 0.641. The summed E-state index contributed by atoms with van der Waals surface area (Å²) in [4.78, 5) is 35.4. The van der Waals surface area contributed by atoms with Gasteiger partial charge in [0.2, 0.25) is 5.91 Å². The number of aliphatic carboxylic acids is 1. The SMILES string of the molecule is COc1ccc(C(=O)CCC(=O)NCC(C(=O)O)c2ccc(F)cc2)cc1F. The van der Waals surface area contributed by atoms with E-state index < -0.39 is 35.2 Å². The molecule has 0 saturated carbocycles. The van der Waals surface area contributed by atoms with Gasteiger partial charge in [-0.05, 0) is 35.9 Å². The zero-order chi connectivity index (χ0) is 20.7. The van der Waals surface area contributed by atoms with Crippen LogP contribution in [-0.4, -0.2) is 36.4 Å². The molecule has 1 unspecified atom stereocenters. The predicted octanol–water partition coefficient (Wildman–Crippen LogP) is 2.92. The molecule has 28 heavy (non-hydrogen) atoms. The normalized spacial score (nSPS) is 11.5. The highest BCUT2D eigenvalue weighted by atomic mass is 19.1. The Bertz CT molecular complexity index is 867. The van der Waals surface area contributed by atoms with Gasteiger partial charge in [0.15, 0.2) is 17.3 Å². The molecule has 2 aromatic carbocycles. The van der Waals surface area contributed by atoms with Gasteiger partial charge >= 0.3 is 5.97 Å². The molecule has 0 aromatic heterocycles. The molecular weight excluding hydrogens is 372 g/mol. The lowest BCUT2D eigenvalue weighted by molar-refractivity contribution is -0.138. The number of methoxy groups -OCH3 is 1. The summed E-state index contributed by atoms with van der Waals surface area (Å²) in [5.74, 6) is -4.32. The number of rotatable bonds is 9. The number of hydrogen-bond donors (Lipinski definition) is 2. The molecule has 1 amide bonds. The van der Waals surface area contributed by atoms with Crippen LogP contribution < -0.4 is 10.1 Å². The molecule has 148 valence electrons. The van der Waals surface area contributed by atoms with Crippen LogP contribution >= 0.6 is 0 Å². The van der Waals surface area contributed by atoms with E-state index in [2.05, 4.69) is 5.32 Å². The maximum Gasteiger partial charge on any atom is 0.312 e. The van der Waals surface area contributed by atoms with Crippen molar-refractivity contribution in [3.63, 3.8) is 0 Å². The largest absolute Gasteiger partial charge is 0.494 e. The van der Waals surface area contributed by atoms with Crippen LogP contribution in [0.3, 0.4) is 0 Å². The van der Waals surface area contributed by atoms with Crippen LogP contribution in [0.15, 0.2) is 42.5 Å². The molecule has 0 spiro atoms. The number of halogens is 2. The molecular formula is C20H19F2NO5. The lowest BCUT2D eigenvalue weighted by atomic mass is 9.99. The summed E-state index contributed by atoms with van der Waals surface area (Å²) in [6.45, 7) is -0.203. The van der Waals surface area contributed by atoms with Crippen LogP contribution in [0.2, 0.25) is 0 Å². The third-order valence-corrected chi connectivity index (χ3v) is 4.13. The van der Waals surface area contributed by atoms with Gasteiger partial charge in [0.25, 0.3) is 0 Å². The zero-order valence-corrected chi connectivity index (χ0v) is 15.1. The summed E-state index contributed by atoms with van der Waals surface area (Å²) in [6, 6.07) is 8.71. The summed E-state index contributed by atoms with van der Waals surface area (Å²) in [5, 5.41) is 11.8. The number of carboxylic acids is 1. The van der Waals surface area contributed by atoms with Crippen LogP contribution in [0, 0.1) is 11.6 Å². The van der Waals surface area contributed by atoms with Crippen molar-refractivity contribution >= 4 is 17.7 Å². The molecule has 1 atom stereocenters. The van der Waals surface area contributed by atoms with Gasteiger partial charge in [-0.25, -0.2) is 8.78 Å². The van der Waals surface area contributed by atoms with Gasteiger partial charge in [0.05, 0.1) is 13.0 Å². The number of nitrogens with one attached hydrogen (secondary N) is 1. The van der Waals surface area contributed by atoms with Crippen LogP contribution in [-0.2, 0) is 9.59 Å². The highest BCUT2D eigenvalue weighted by molar-refractivity contribution is 5.98. The van der Waals surface area contributed by atoms with Gasteiger partial charge in [-0.3, -0.25) is 14.4 Å². The molecule has 0 bridgehead atoms. The predicted molar refractivity (Wildman–Crippen MR) is 96.3 cm³/mol. The van der Waals surface area contributed by atoms with E-state index in [0.29, 0.717) is 5.56 Å². The minimum Gasteiger partial charge on any atom is -0.494 e. The first-order valence-corrected chi connectivity index (χ1v) is 8.43. The first-order valence-electron chi connectivity index (χ1n) is 8.43. The Kier molecular flexibility index (Phi) is 7.20. The second-order valence-corrected chi connectivity index (χ2v) is 6.02. The van der Waals surface area contributed by atoms with E-state index in [1.165, 1.54) is 31.4 Å². The third kappa shape index (κ3) is 5.60. The molecule has 8 heteroatoms. The zero-order valence-electron chi connectivity index (χ0n) is 15.1. The summed E-state index contributed by atoms with van der Waals surface area (Å²) >= 11 is 0. The second kappa shape index (κ2) is 9.59. The van der Waals surface area contributed by atoms with Gasteiger partial charge in [0, 0.05) is 24.9 Å². The maximum atomic E-state index is 13.6. The summed E-state index contributed by atoms with van der Waals surface area (Å²) < 4.78 is 31.4. The Labute approximate surface area is 160 Å². The first kappa shape index (κ1) is 21.0. The molecule has 6 nitrogen and oxygen atoms in total. The number of ketones is 1. The maximum absolute atomic E-state index is 13.6. The molecule has 0 saturated heterocycles. The Balaban J connectivity index is 1.89. The topological polar surface area (TPSA) is 92.7 Å². The van der Waals surface area contributed by atoms with Gasteiger partial charge in [0.1, 0.15) is 5.82 Å². The molecule has 2 aromatic rings. The van der Waals surface area contributed by atoms with Crippen molar-refractivity contribution in [3.05, 3.63) is 65.2 Å². The molecule has 0 aliphatic carbocycles. The summed E-state index contributed by atoms with van der Waals surface area (Å²) in [6.07, 6.45) is -0.339. The summed E-state index contributed by atoms with van der Waals surface area (Å²) in [7, 11) is 1.31. The number of ether oxygens (including phenoxy) is 1. The fourth-order valence-electron chi connectivity index (χ4n) is 2.56. The minimum absolute atomic E-state index is 0.00907. The van der Waals surface area contributed by atoms with Crippen molar-refractivity contribution in [3.8, 4) is 5.75 Å². The lowest BCUT2D eigenvalue weighted by Gasteiger charge is -2.14.